The van der Waals surface area contributed by atoms with Crippen LogP contribution in [0.5, 0.6) is 0 Å². The summed E-state index contributed by atoms with van der Waals surface area (Å²) in [7, 11) is 1.32. The molecule has 0 atom stereocenters. The summed E-state index contributed by atoms with van der Waals surface area (Å²) in [5.74, 6) is -0.462. The molecule has 0 fully saturated rings. The van der Waals surface area contributed by atoms with E-state index in [0.717, 1.165) is 10.2 Å². The highest BCUT2D eigenvalue weighted by molar-refractivity contribution is 9.10. The number of nitrogens with two attached hydrogens (primary N) is 1. The molecule has 88 valence electrons. The van der Waals surface area contributed by atoms with Gasteiger partial charge < -0.3 is 10.5 Å². The summed E-state index contributed by atoms with van der Waals surface area (Å²) in [4.78, 5) is 11.5. The second-order valence-corrected chi connectivity index (χ2v) is 4.28. The Morgan fingerprint density at radius 3 is 2.88 bits per heavy atom. The topological polar surface area (TPSA) is 70.1 Å². The van der Waals surface area contributed by atoms with E-state index in [1.807, 2.05) is 0 Å². The number of halogens is 1. The standard InChI is InChI=1S/C11H10BrN3O2/c1-17-11(16)9-4-8(2-3-10(9)13)15-6-7(12)5-14-15/h2-6H,13H2,1H3. The van der Waals surface area contributed by atoms with E-state index in [9.17, 15) is 4.79 Å². The molecule has 1 aromatic carbocycles. The maximum Gasteiger partial charge on any atom is 0.340 e. The molecule has 0 spiro atoms. The highest BCUT2D eigenvalue weighted by Gasteiger charge is 2.11. The van der Waals surface area contributed by atoms with Gasteiger partial charge in [-0.2, -0.15) is 5.10 Å². The van der Waals surface area contributed by atoms with E-state index in [2.05, 4.69) is 25.8 Å². The molecule has 2 N–H and O–H groups in total. The molecule has 0 aliphatic carbocycles. The first-order valence-corrected chi connectivity index (χ1v) is 5.59. The Kier molecular flexibility index (Phi) is 3.14. The predicted octanol–water partition coefficient (Wildman–Crippen LogP) is 2.00. The first-order valence-electron chi connectivity index (χ1n) is 4.80. The number of benzene rings is 1. The smallest absolute Gasteiger partial charge is 0.340 e. The summed E-state index contributed by atoms with van der Waals surface area (Å²) >= 11 is 3.31. The lowest BCUT2D eigenvalue weighted by molar-refractivity contribution is 0.0602. The largest absolute Gasteiger partial charge is 0.465 e. The van der Waals surface area contributed by atoms with Gasteiger partial charge in [0.1, 0.15) is 0 Å². The van der Waals surface area contributed by atoms with Gasteiger partial charge in [-0.25, -0.2) is 9.48 Å². The van der Waals surface area contributed by atoms with E-state index in [1.165, 1.54) is 7.11 Å². The van der Waals surface area contributed by atoms with Crippen molar-refractivity contribution in [3.05, 3.63) is 40.6 Å². The molecule has 5 nitrogen and oxygen atoms in total. The Bertz CT molecular complexity index is 566. The van der Waals surface area contributed by atoms with Gasteiger partial charge in [0, 0.05) is 11.9 Å². The summed E-state index contributed by atoms with van der Waals surface area (Å²) < 4.78 is 7.15. The Balaban J connectivity index is 2.47. The van der Waals surface area contributed by atoms with Crippen LogP contribution < -0.4 is 5.73 Å². The van der Waals surface area contributed by atoms with Crippen molar-refractivity contribution in [2.45, 2.75) is 0 Å². The third-order valence-electron chi connectivity index (χ3n) is 2.26. The van der Waals surface area contributed by atoms with Gasteiger partial charge in [0.2, 0.25) is 0 Å². The predicted molar refractivity (Wildman–Crippen MR) is 67.0 cm³/mol. The molecule has 2 aromatic rings. The average Bonchev–Trinajstić information content (AvgIpc) is 2.75. The molecule has 0 saturated heterocycles. The lowest BCUT2D eigenvalue weighted by atomic mass is 10.1. The molecule has 0 amide bonds. The minimum Gasteiger partial charge on any atom is -0.465 e. The minimum atomic E-state index is -0.462. The number of anilines is 1. The fourth-order valence-corrected chi connectivity index (χ4v) is 1.70. The number of hydrogen-bond acceptors (Lipinski definition) is 4. The van der Waals surface area contributed by atoms with Crippen LogP contribution in [0.15, 0.2) is 35.1 Å². The zero-order valence-corrected chi connectivity index (χ0v) is 10.6. The number of methoxy groups -OCH3 is 1. The number of ether oxygens (including phenoxy) is 1. The van der Waals surface area contributed by atoms with Crippen LogP contribution in [0.3, 0.4) is 0 Å². The van der Waals surface area contributed by atoms with Crippen LogP contribution in [0.25, 0.3) is 5.69 Å². The van der Waals surface area contributed by atoms with Crippen LogP contribution >= 0.6 is 15.9 Å². The third kappa shape index (κ3) is 2.31. The van der Waals surface area contributed by atoms with Gasteiger partial charge >= 0.3 is 5.97 Å². The summed E-state index contributed by atoms with van der Waals surface area (Å²) in [6.45, 7) is 0. The van der Waals surface area contributed by atoms with Gasteiger partial charge in [-0.15, -0.1) is 0 Å². The quantitative estimate of drug-likeness (QED) is 0.679. The minimum absolute atomic E-state index is 0.330. The molecule has 0 radical (unpaired) electrons. The molecule has 0 saturated carbocycles. The molecule has 2 rings (SSSR count). The monoisotopic (exact) mass is 295 g/mol. The first kappa shape index (κ1) is 11.7. The number of carbonyl (C=O) groups excluding carboxylic acids is 1. The van der Waals surface area contributed by atoms with Crippen molar-refractivity contribution in [3.8, 4) is 5.69 Å². The molecule has 0 bridgehead atoms. The normalized spacial score (nSPS) is 10.2. The van der Waals surface area contributed by atoms with E-state index in [-0.39, 0.29) is 0 Å². The average molecular weight is 296 g/mol. The van der Waals surface area contributed by atoms with E-state index in [0.29, 0.717) is 11.3 Å². The zero-order chi connectivity index (χ0) is 12.4. The second-order valence-electron chi connectivity index (χ2n) is 3.37. The van der Waals surface area contributed by atoms with Crippen LogP contribution in [0, 0.1) is 0 Å². The third-order valence-corrected chi connectivity index (χ3v) is 2.67. The van der Waals surface area contributed by atoms with Crippen molar-refractivity contribution >= 4 is 27.6 Å². The Morgan fingerprint density at radius 1 is 1.53 bits per heavy atom. The van der Waals surface area contributed by atoms with Crippen LogP contribution in [0.1, 0.15) is 10.4 Å². The number of esters is 1. The maximum absolute atomic E-state index is 11.5. The zero-order valence-electron chi connectivity index (χ0n) is 9.05. The molecule has 0 aliphatic heterocycles. The molecule has 1 heterocycles. The van der Waals surface area contributed by atoms with Crippen molar-refractivity contribution in [1.82, 2.24) is 9.78 Å². The number of aromatic nitrogens is 2. The second kappa shape index (κ2) is 4.58. The van der Waals surface area contributed by atoms with Crippen molar-refractivity contribution in [1.29, 1.82) is 0 Å². The number of rotatable bonds is 2. The lowest BCUT2D eigenvalue weighted by Crippen LogP contribution is -2.07. The Labute approximate surface area is 106 Å². The number of nitrogens with zero attached hydrogens (tertiary/aromatic N) is 2. The van der Waals surface area contributed by atoms with Crippen molar-refractivity contribution in [2.75, 3.05) is 12.8 Å². The summed E-state index contributed by atoms with van der Waals surface area (Å²) in [5.41, 5.74) is 7.16. The van der Waals surface area contributed by atoms with Crippen LogP contribution in [0.4, 0.5) is 5.69 Å². The number of carbonyl (C=O) groups is 1. The molecule has 6 heteroatoms. The van der Waals surface area contributed by atoms with Crippen molar-refractivity contribution in [2.24, 2.45) is 0 Å². The van der Waals surface area contributed by atoms with Crippen molar-refractivity contribution < 1.29 is 9.53 Å². The highest BCUT2D eigenvalue weighted by atomic mass is 79.9. The first-order chi connectivity index (χ1) is 8.11. The van der Waals surface area contributed by atoms with Crippen LogP contribution in [-0.2, 0) is 4.74 Å². The fraction of sp³-hybridized carbons (Fsp3) is 0.0909. The van der Waals surface area contributed by atoms with Crippen LogP contribution in [-0.4, -0.2) is 22.9 Å². The van der Waals surface area contributed by atoms with Gasteiger partial charge in [0.15, 0.2) is 0 Å². The van der Waals surface area contributed by atoms with E-state index >= 15 is 0 Å². The van der Waals surface area contributed by atoms with Gasteiger partial charge in [-0.1, -0.05) is 0 Å². The lowest BCUT2D eigenvalue weighted by Gasteiger charge is -2.06. The molecule has 1 aromatic heterocycles. The molecular formula is C11H10BrN3O2. The summed E-state index contributed by atoms with van der Waals surface area (Å²) in [5, 5.41) is 4.12. The van der Waals surface area contributed by atoms with Gasteiger partial charge in [0.25, 0.3) is 0 Å². The SMILES string of the molecule is COC(=O)c1cc(-n2cc(Br)cn2)ccc1N. The number of hydrogen-bond donors (Lipinski definition) is 1. The van der Waals surface area contributed by atoms with Gasteiger partial charge in [-0.05, 0) is 34.1 Å². The van der Waals surface area contributed by atoms with E-state index in [4.69, 9.17) is 5.73 Å². The summed E-state index contributed by atoms with van der Waals surface area (Å²) in [6.07, 6.45) is 3.45. The maximum atomic E-state index is 11.5. The number of nitrogen functional groups attached to an aromatic ring is 1. The summed E-state index contributed by atoms with van der Waals surface area (Å²) in [6, 6.07) is 5.07. The Hall–Kier alpha value is -1.82. The molecule has 0 unspecified atom stereocenters. The molecule has 0 aliphatic rings. The molecule has 17 heavy (non-hydrogen) atoms. The van der Waals surface area contributed by atoms with E-state index < -0.39 is 5.97 Å². The van der Waals surface area contributed by atoms with Crippen LogP contribution in [0.2, 0.25) is 0 Å². The molecular weight excluding hydrogens is 286 g/mol. The van der Waals surface area contributed by atoms with E-state index in [1.54, 1.807) is 35.3 Å². The highest BCUT2D eigenvalue weighted by Crippen LogP contribution is 2.19. The van der Waals surface area contributed by atoms with Crippen molar-refractivity contribution in [3.63, 3.8) is 0 Å². The van der Waals surface area contributed by atoms with Gasteiger partial charge in [-0.3, -0.25) is 0 Å². The van der Waals surface area contributed by atoms with Gasteiger partial charge in [0.05, 0.1) is 29.0 Å². The Morgan fingerprint density at radius 2 is 2.29 bits per heavy atom. The fourth-order valence-electron chi connectivity index (χ4n) is 1.42.